The van der Waals surface area contributed by atoms with Gasteiger partial charge in [-0.2, -0.15) is 0 Å². The van der Waals surface area contributed by atoms with E-state index in [9.17, 15) is 4.79 Å². The van der Waals surface area contributed by atoms with Gasteiger partial charge in [-0.1, -0.05) is 37.0 Å². The Labute approximate surface area is 133 Å². The number of ketones is 1. The van der Waals surface area contributed by atoms with E-state index in [0.717, 1.165) is 0 Å². The molecule has 1 unspecified atom stereocenters. The summed E-state index contributed by atoms with van der Waals surface area (Å²) >= 11 is 12.0. The van der Waals surface area contributed by atoms with Crippen LogP contribution < -0.4 is 4.74 Å². The van der Waals surface area contributed by atoms with Crippen molar-refractivity contribution in [3.63, 3.8) is 0 Å². The number of carbonyl (C=O) groups excluding carboxylic acids is 1. The maximum Gasteiger partial charge on any atom is 0.205 e. The van der Waals surface area contributed by atoms with E-state index in [0.29, 0.717) is 21.4 Å². The lowest BCUT2D eigenvalue weighted by Gasteiger charge is -2.22. The number of nitrogens with zero attached hydrogens (tertiary/aromatic N) is 1. The highest BCUT2D eigenvalue weighted by molar-refractivity contribution is 6.35. The monoisotopic (exact) mass is 323 g/mol. The van der Waals surface area contributed by atoms with E-state index in [1.54, 1.807) is 36.5 Å². The molecule has 0 N–H and O–H groups in total. The molecule has 3 nitrogen and oxygen atoms in total. The zero-order chi connectivity index (χ0) is 15.4. The van der Waals surface area contributed by atoms with Crippen LogP contribution in [0.3, 0.4) is 0 Å². The second-order valence-electron chi connectivity index (χ2n) is 4.96. The summed E-state index contributed by atoms with van der Waals surface area (Å²) in [5.74, 6) is 0.311. The zero-order valence-electron chi connectivity index (χ0n) is 11.7. The number of halogens is 2. The van der Waals surface area contributed by atoms with Crippen molar-refractivity contribution in [1.82, 2.24) is 4.98 Å². The van der Waals surface area contributed by atoms with Crippen molar-refractivity contribution in [3.05, 3.63) is 58.3 Å². The molecule has 0 bridgehead atoms. The number of benzene rings is 1. The average Bonchev–Trinajstić information content (AvgIpc) is 2.46. The predicted molar refractivity (Wildman–Crippen MR) is 84.3 cm³/mol. The van der Waals surface area contributed by atoms with Crippen LogP contribution in [0.25, 0.3) is 0 Å². The van der Waals surface area contributed by atoms with Crippen LogP contribution in [-0.4, -0.2) is 16.9 Å². The molecule has 0 spiro atoms. The number of hydrogen-bond donors (Lipinski definition) is 0. The molecule has 21 heavy (non-hydrogen) atoms. The first kappa shape index (κ1) is 15.8. The van der Waals surface area contributed by atoms with Crippen molar-refractivity contribution in [2.24, 2.45) is 5.92 Å². The fourth-order valence-electron chi connectivity index (χ4n) is 1.87. The Morgan fingerprint density at radius 1 is 1.24 bits per heavy atom. The lowest BCUT2D eigenvalue weighted by Crippen LogP contribution is -2.32. The molecule has 110 valence electrons. The quantitative estimate of drug-likeness (QED) is 0.750. The Morgan fingerprint density at radius 3 is 2.57 bits per heavy atom. The fourth-order valence-corrected chi connectivity index (χ4v) is 2.33. The normalized spacial score (nSPS) is 12.2. The minimum atomic E-state index is -0.632. The predicted octanol–water partition coefficient (Wildman–Crippen LogP) is 4.67. The Balaban J connectivity index is 2.26. The van der Waals surface area contributed by atoms with Gasteiger partial charge in [0, 0.05) is 23.0 Å². The number of Topliss-reactive ketones (excluding diaryl/α,β-unsaturated/α-hetero) is 1. The number of ether oxygens (including phenoxy) is 1. The minimum absolute atomic E-state index is 0.00977. The molecule has 2 rings (SSSR count). The van der Waals surface area contributed by atoms with Crippen LogP contribution in [0, 0.1) is 5.92 Å². The molecule has 0 radical (unpaired) electrons. The molecule has 1 aromatic heterocycles. The highest BCUT2D eigenvalue weighted by Crippen LogP contribution is 2.30. The molecule has 1 heterocycles. The summed E-state index contributed by atoms with van der Waals surface area (Å²) in [5.41, 5.74) is 0.515. The molecule has 1 atom stereocenters. The van der Waals surface area contributed by atoms with Gasteiger partial charge in [-0.05, 0) is 36.2 Å². The number of hydrogen-bond acceptors (Lipinski definition) is 3. The number of pyridine rings is 1. The van der Waals surface area contributed by atoms with Crippen molar-refractivity contribution in [2.45, 2.75) is 20.0 Å². The van der Waals surface area contributed by atoms with Gasteiger partial charge in [-0.15, -0.1) is 0 Å². The van der Waals surface area contributed by atoms with Crippen LogP contribution in [0.15, 0.2) is 42.7 Å². The largest absolute Gasteiger partial charge is 0.480 e. The Morgan fingerprint density at radius 2 is 2.00 bits per heavy atom. The van der Waals surface area contributed by atoms with Crippen LogP contribution in [0.1, 0.15) is 24.2 Å². The first-order valence-electron chi connectivity index (χ1n) is 6.55. The first-order valence-corrected chi connectivity index (χ1v) is 7.30. The summed E-state index contributed by atoms with van der Waals surface area (Å²) in [5, 5.41) is 0.902. The summed E-state index contributed by atoms with van der Waals surface area (Å²) in [6.07, 6.45) is 2.52. The molecule has 0 fully saturated rings. The average molecular weight is 324 g/mol. The molecule has 0 saturated heterocycles. The van der Waals surface area contributed by atoms with Crippen LogP contribution in [0.2, 0.25) is 10.0 Å². The fraction of sp³-hybridized carbons (Fsp3) is 0.250. The topological polar surface area (TPSA) is 39.2 Å². The molecule has 0 aliphatic rings. The van der Waals surface area contributed by atoms with Gasteiger partial charge < -0.3 is 4.74 Å². The van der Waals surface area contributed by atoms with Crippen molar-refractivity contribution in [1.29, 1.82) is 0 Å². The van der Waals surface area contributed by atoms with Crippen LogP contribution in [0.4, 0.5) is 0 Å². The lowest BCUT2D eigenvalue weighted by molar-refractivity contribution is 0.0711. The zero-order valence-corrected chi connectivity index (χ0v) is 13.2. The summed E-state index contributed by atoms with van der Waals surface area (Å²) in [6, 6.07) is 8.37. The molecule has 1 aromatic carbocycles. The minimum Gasteiger partial charge on any atom is -0.480 e. The lowest BCUT2D eigenvalue weighted by atomic mass is 9.98. The molecule has 0 aliphatic carbocycles. The van der Waals surface area contributed by atoms with E-state index in [2.05, 4.69) is 4.98 Å². The van der Waals surface area contributed by atoms with Gasteiger partial charge in [0.25, 0.3) is 0 Å². The number of rotatable bonds is 5. The second-order valence-corrected chi connectivity index (χ2v) is 5.81. The molecule has 5 heteroatoms. The highest BCUT2D eigenvalue weighted by atomic mass is 35.5. The van der Waals surface area contributed by atoms with Gasteiger partial charge in [0.15, 0.2) is 6.10 Å². The maximum atomic E-state index is 12.5. The molecule has 0 saturated carbocycles. The standard InChI is InChI=1S/C16H15Cl2NO2/c1-10(2)16(15(20)11-4-3-7-19-9-11)21-14-6-5-12(17)8-13(14)18/h3-10,16H,1-2H3. The van der Waals surface area contributed by atoms with E-state index < -0.39 is 6.10 Å². The Bertz CT molecular complexity index is 629. The van der Waals surface area contributed by atoms with E-state index in [1.165, 1.54) is 6.20 Å². The van der Waals surface area contributed by atoms with Crippen molar-refractivity contribution >= 4 is 29.0 Å². The van der Waals surface area contributed by atoms with Gasteiger partial charge in [0.2, 0.25) is 5.78 Å². The van der Waals surface area contributed by atoms with Crippen LogP contribution in [-0.2, 0) is 0 Å². The van der Waals surface area contributed by atoms with Crippen LogP contribution >= 0.6 is 23.2 Å². The SMILES string of the molecule is CC(C)C(Oc1ccc(Cl)cc1Cl)C(=O)c1cccnc1. The molecular formula is C16H15Cl2NO2. The van der Waals surface area contributed by atoms with E-state index in [4.69, 9.17) is 27.9 Å². The van der Waals surface area contributed by atoms with E-state index in [1.807, 2.05) is 13.8 Å². The van der Waals surface area contributed by atoms with E-state index in [-0.39, 0.29) is 11.7 Å². The van der Waals surface area contributed by atoms with E-state index >= 15 is 0 Å². The summed E-state index contributed by atoms with van der Waals surface area (Å²) < 4.78 is 5.81. The summed E-state index contributed by atoms with van der Waals surface area (Å²) in [6.45, 7) is 3.84. The molecule has 0 aliphatic heterocycles. The third-order valence-corrected chi connectivity index (χ3v) is 3.49. The third kappa shape index (κ3) is 3.96. The van der Waals surface area contributed by atoms with Crippen molar-refractivity contribution < 1.29 is 9.53 Å². The van der Waals surface area contributed by atoms with Gasteiger partial charge in [-0.3, -0.25) is 9.78 Å². The maximum absolute atomic E-state index is 12.5. The van der Waals surface area contributed by atoms with Gasteiger partial charge >= 0.3 is 0 Å². The Kier molecular flexibility index (Phi) is 5.21. The van der Waals surface area contributed by atoms with Gasteiger partial charge in [0.1, 0.15) is 5.75 Å². The highest BCUT2D eigenvalue weighted by Gasteiger charge is 2.26. The van der Waals surface area contributed by atoms with Gasteiger partial charge in [-0.25, -0.2) is 0 Å². The Hall–Kier alpha value is -1.58. The van der Waals surface area contributed by atoms with Crippen molar-refractivity contribution in [2.75, 3.05) is 0 Å². The van der Waals surface area contributed by atoms with Gasteiger partial charge in [0.05, 0.1) is 5.02 Å². The smallest absolute Gasteiger partial charge is 0.205 e. The molecule has 2 aromatic rings. The van der Waals surface area contributed by atoms with Crippen molar-refractivity contribution in [3.8, 4) is 5.75 Å². The summed E-state index contributed by atoms with van der Waals surface area (Å²) in [4.78, 5) is 16.5. The molecular weight excluding hydrogens is 309 g/mol. The number of aromatic nitrogens is 1. The molecule has 0 amide bonds. The first-order chi connectivity index (χ1) is 9.99. The number of carbonyl (C=O) groups is 1. The third-order valence-electron chi connectivity index (χ3n) is 2.96. The van der Waals surface area contributed by atoms with Crippen LogP contribution in [0.5, 0.6) is 5.75 Å². The second kappa shape index (κ2) is 6.92. The summed E-state index contributed by atoms with van der Waals surface area (Å²) in [7, 11) is 0.